The van der Waals surface area contributed by atoms with Crippen LogP contribution in [-0.2, 0) is 10.0 Å². The number of hydrogen-bond acceptors (Lipinski definition) is 5. The molecule has 10 heteroatoms. The van der Waals surface area contributed by atoms with Crippen LogP contribution in [0.15, 0.2) is 76.2 Å². The van der Waals surface area contributed by atoms with E-state index >= 15 is 0 Å². The number of amides is 3. The molecule has 1 heterocycles. The summed E-state index contributed by atoms with van der Waals surface area (Å²) in [5.74, 6) is -0.661. The van der Waals surface area contributed by atoms with E-state index in [4.69, 9.17) is 4.42 Å². The lowest BCUT2D eigenvalue weighted by atomic mass is 10.1. The van der Waals surface area contributed by atoms with Crippen molar-refractivity contribution in [3.63, 3.8) is 0 Å². The number of hydrogen-bond donors (Lipinski definition) is 4. The summed E-state index contributed by atoms with van der Waals surface area (Å²) in [6.07, 6.45) is 0. The molecular formula is C24H28N4O5S. The number of carbonyl (C=O) groups is 2. The first-order valence-electron chi connectivity index (χ1n) is 10.6. The van der Waals surface area contributed by atoms with Crippen LogP contribution < -0.4 is 20.7 Å². The molecule has 0 saturated carbocycles. The number of para-hydroxylation sites is 1. The van der Waals surface area contributed by atoms with E-state index in [9.17, 15) is 18.0 Å². The monoisotopic (exact) mass is 484 g/mol. The highest BCUT2D eigenvalue weighted by atomic mass is 32.2. The summed E-state index contributed by atoms with van der Waals surface area (Å²) in [6, 6.07) is 17.9. The Morgan fingerprint density at radius 1 is 0.853 bits per heavy atom. The molecule has 3 rings (SSSR count). The minimum Gasteiger partial charge on any atom is -0.438 e. The molecule has 0 bridgehead atoms. The van der Waals surface area contributed by atoms with Crippen molar-refractivity contribution >= 4 is 33.3 Å². The van der Waals surface area contributed by atoms with Crippen LogP contribution in [0.3, 0.4) is 0 Å². The molecule has 9 nitrogen and oxygen atoms in total. The van der Waals surface area contributed by atoms with Gasteiger partial charge in [-0.25, -0.2) is 17.9 Å². The zero-order valence-electron chi connectivity index (χ0n) is 19.4. The van der Waals surface area contributed by atoms with E-state index in [1.165, 1.54) is 12.1 Å². The van der Waals surface area contributed by atoms with Gasteiger partial charge >= 0.3 is 6.03 Å². The molecule has 1 unspecified atom stereocenters. The number of furan rings is 1. The van der Waals surface area contributed by atoms with Crippen LogP contribution in [0.1, 0.15) is 49.9 Å². The molecule has 0 aliphatic rings. The van der Waals surface area contributed by atoms with Gasteiger partial charge in [-0.05, 0) is 69.7 Å². The summed E-state index contributed by atoms with van der Waals surface area (Å²) in [7, 11) is -3.88. The van der Waals surface area contributed by atoms with E-state index in [1.807, 2.05) is 18.2 Å². The molecule has 2 aromatic carbocycles. The van der Waals surface area contributed by atoms with Crippen molar-refractivity contribution in [3.8, 4) is 0 Å². The van der Waals surface area contributed by atoms with Gasteiger partial charge in [-0.1, -0.05) is 30.3 Å². The van der Waals surface area contributed by atoms with Gasteiger partial charge in [0.05, 0.1) is 6.04 Å². The maximum Gasteiger partial charge on any atom is 0.323 e. The summed E-state index contributed by atoms with van der Waals surface area (Å²) in [6.45, 7) is 6.90. The fourth-order valence-electron chi connectivity index (χ4n) is 3.06. The molecule has 1 aromatic heterocycles. The van der Waals surface area contributed by atoms with E-state index in [-0.39, 0.29) is 16.9 Å². The number of rotatable bonds is 7. The highest BCUT2D eigenvalue weighted by Gasteiger charge is 2.26. The highest BCUT2D eigenvalue weighted by Crippen LogP contribution is 2.20. The van der Waals surface area contributed by atoms with Crippen molar-refractivity contribution in [1.29, 1.82) is 0 Å². The molecule has 1 atom stereocenters. The molecule has 4 N–H and O–H groups in total. The normalized spacial score (nSPS) is 12.6. The van der Waals surface area contributed by atoms with Crippen molar-refractivity contribution in [3.05, 3.63) is 78.1 Å². The third kappa shape index (κ3) is 6.93. The zero-order valence-corrected chi connectivity index (χ0v) is 20.2. The fourth-order valence-corrected chi connectivity index (χ4v) is 4.41. The predicted octanol–water partition coefficient (Wildman–Crippen LogP) is 4.49. The first kappa shape index (κ1) is 25.0. The number of sulfonamides is 1. The first-order valence-corrected chi connectivity index (χ1v) is 12.1. The molecule has 0 aliphatic carbocycles. The second-order valence-electron chi connectivity index (χ2n) is 8.74. The second kappa shape index (κ2) is 10.1. The summed E-state index contributed by atoms with van der Waals surface area (Å²) >= 11 is 0. The van der Waals surface area contributed by atoms with Crippen molar-refractivity contribution in [1.82, 2.24) is 10.0 Å². The molecule has 3 aromatic rings. The predicted molar refractivity (Wildman–Crippen MR) is 130 cm³/mol. The molecule has 0 saturated heterocycles. The van der Waals surface area contributed by atoms with Gasteiger partial charge < -0.3 is 20.4 Å². The topological polar surface area (TPSA) is 130 Å². The Bertz CT molecular complexity index is 1250. The maximum absolute atomic E-state index is 12.6. The van der Waals surface area contributed by atoms with E-state index in [1.54, 1.807) is 64.1 Å². The average molecular weight is 485 g/mol. The van der Waals surface area contributed by atoms with Crippen molar-refractivity contribution in [2.75, 3.05) is 10.6 Å². The molecule has 3 amide bonds. The van der Waals surface area contributed by atoms with Crippen LogP contribution in [0.5, 0.6) is 0 Å². The summed E-state index contributed by atoms with van der Waals surface area (Å²) in [5.41, 5.74) is 1.36. The molecule has 34 heavy (non-hydrogen) atoms. The molecule has 0 fully saturated rings. The third-order valence-corrected chi connectivity index (χ3v) is 6.19. The third-order valence-electron chi connectivity index (χ3n) is 4.56. The summed E-state index contributed by atoms with van der Waals surface area (Å²) in [4.78, 5) is 24.7. The van der Waals surface area contributed by atoms with Crippen molar-refractivity contribution in [2.24, 2.45) is 0 Å². The maximum atomic E-state index is 12.6. The van der Waals surface area contributed by atoms with Crippen LogP contribution in [-0.4, -0.2) is 25.9 Å². The van der Waals surface area contributed by atoms with E-state index in [2.05, 4.69) is 20.7 Å². The Hall–Kier alpha value is -3.63. The van der Waals surface area contributed by atoms with E-state index in [0.717, 1.165) is 5.56 Å². The van der Waals surface area contributed by atoms with Gasteiger partial charge in [0.25, 0.3) is 15.9 Å². The quantitative estimate of drug-likeness (QED) is 0.393. The number of benzene rings is 2. The number of urea groups is 1. The van der Waals surface area contributed by atoms with Gasteiger partial charge in [0.15, 0.2) is 5.76 Å². The largest absolute Gasteiger partial charge is 0.438 e. The number of anilines is 2. The van der Waals surface area contributed by atoms with E-state index in [0.29, 0.717) is 11.4 Å². The minimum atomic E-state index is -3.88. The lowest BCUT2D eigenvalue weighted by Crippen LogP contribution is -2.40. The lowest BCUT2D eigenvalue weighted by molar-refractivity contribution is 0.0906. The molecule has 0 radical (unpaired) electrons. The molecule has 0 spiro atoms. The Balaban J connectivity index is 1.58. The van der Waals surface area contributed by atoms with Gasteiger partial charge in [0.2, 0.25) is 5.09 Å². The SMILES string of the molecule is CC(NC(=O)c1ccc(S(=O)(=O)NC(C)(C)C)o1)c1ccc(NC(=O)Nc2ccccc2)cc1. The zero-order chi connectivity index (χ0) is 24.9. The Labute approximate surface area is 199 Å². The van der Waals surface area contributed by atoms with Crippen LogP contribution >= 0.6 is 0 Å². The van der Waals surface area contributed by atoms with Gasteiger partial charge in [-0.2, -0.15) is 0 Å². The Morgan fingerprint density at radius 2 is 1.44 bits per heavy atom. The van der Waals surface area contributed by atoms with Crippen molar-refractivity contribution in [2.45, 2.75) is 44.4 Å². The van der Waals surface area contributed by atoms with Crippen LogP contribution in [0.4, 0.5) is 16.2 Å². The number of carbonyl (C=O) groups excluding carboxylic acids is 2. The van der Waals surface area contributed by atoms with E-state index < -0.39 is 27.5 Å². The van der Waals surface area contributed by atoms with Crippen molar-refractivity contribution < 1.29 is 22.4 Å². The van der Waals surface area contributed by atoms with Gasteiger partial charge in [-0.3, -0.25) is 4.79 Å². The Morgan fingerprint density at radius 3 is 2.03 bits per heavy atom. The summed E-state index contributed by atoms with van der Waals surface area (Å²) in [5, 5.41) is 7.91. The molecule has 180 valence electrons. The highest BCUT2D eigenvalue weighted by molar-refractivity contribution is 7.89. The Kier molecular flexibility index (Phi) is 7.43. The fraction of sp³-hybridized carbons (Fsp3) is 0.250. The number of nitrogens with one attached hydrogen (secondary N) is 4. The van der Waals surface area contributed by atoms with Crippen LogP contribution in [0.25, 0.3) is 0 Å². The molecule has 0 aliphatic heterocycles. The summed E-state index contributed by atoms with van der Waals surface area (Å²) < 4.78 is 32.5. The minimum absolute atomic E-state index is 0.114. The van der Waals surface area contributed by atoms with Gasteiger partial charge in [-0.15, -0.1) is 0 Å². The smallest absolute Gasteiger partial charge is 0.323 e. The molecular weight excluding hydrogens is 456 g/mol. The van der Waals surface area contributed by atoms with Gasteiger partial charge in [0.1, 0.15) is 0 Å². The lowest BCUT2D eigenvalue weighted by Gasteiger charge is -2.19. The van der Waals surface area contributed by atoms with Gasteiger partial charge in [0, 0.05) is 16.9 Å². The standard InChI is InChI=1S/C24H28N4O5S/c1-16(25-22(29)20-14-15-21(33-20)34(31,32)28-24(2,3)4)17-10-12-19(13-11-17)27-23(30)26-18-8-6-5-7-9-18/h5-16,28H,1-4H3,(H,25,29)(H2,26,27,30). The van der Waals surface area contributed by atoms with Crippen LogP contribution in [0, 0.1) is 0 Å². The first-order chi connectivity index (χ1) is 15.9. The average Bonchev–Trinajstić information content (AvgIpc) is 3.25. The second-order valence-corrected chi connectivity index (χ2v) is 10.3. The van der Waals surface area contributed by atoms with Crippen LogP contribution in [0.2, 0.25) is 0 Å².